The van der Waals surface area contributed by atoms with Crippen molar-refractivity contribution in [1.82, 2.24) is 5.32 Å². The van der Waals surface area contributed by atoms with Gasteiger partial charge in [0.05, 0.1) is 75.1 Å². The number of nitrogens with zero attached hydrogens (tertiary/aromatic N) is 1. The van der Waals surface area contributed by atoms with E-state index in [1.165, 1.54) is 21.1 Å². The van der Waals surface area contributed by atoms with Gasteiger partial charge in [-0.25, -0.2) is 9.59 Å². The molecule has 1 saturated carbocycles. The summed E-state index contributed by atoms with van der Waals surface area (Å²) in [6, 6.07) is -1.08. The molecule has 0 aromatic heterocycles. The van der Waals surface area contributed by atoms with E-state index in [0.29, 0.717) is 17.6 Å². The molecule has 4 aliphatic carbocycles. The summed E-state index contributed by atoms with van der Waals surface area (Å²) >= 11 is 0. The molecule has 9 rings (SSSR count). The zero-order chi connectivity index (χ0) is 61.2. The van der Waals surface area contributed by atoms with Crippen molar-refractivity contribution in [3.05, 3.63) is 68.5 Å². The smallest absolute Gasteiger partial charge is 0.407 e. The minimum absolute atomic E-state index is 0.00457. The lowest BCUT2D eigenvalue weighted by atomic mass is 9.49. The average Bonchev–Trinajstić information content (AvgIpc) is 2.80. The largest absolute Gasteiger partial charge is 0.511 e. The van der Waals surface area contributed by atoms with Crippen LogP contribution < -0.4 is 5.32 Å². The summed E-state index contributed by atoms with van der Waals surface area (Å²) in [6.07, 6.45) is -3.57. The number of ether oxygens (including phenoxy) is 11. The number of amides is 1. The van der Waals surface area contributed by atoms with Crippen molar-refractivity contribution in [3.8, 4) is 0 Å². The molecule has 22 unspecified atom stereocenters. The van der Waals surface area contributed by atoms with E-state index >= 15 is 4.79 Å². The second-order valence-corrected chi connectivity index (χ2v) is 25.9. The molecule has 6 fully saturated rings. The molecule has 5 aliphatic heterocycles. The Balaban J connectivity index is 1.01. The van der Waals surface area contributed by atoms with E-state index in [9.17, 15) is 45.2 Å². The van der Waals surface area contributed by atoms with Gasteiger partial charge in [-0.3, -0.25) is 14.9 Å². The van der Waals surface area contributed by atoms with Gasteiger partial charge in [-0.05, 0) is 89.2 Å². The molecule has 23 heteroatoms. The van der Waals surface area contributed by atoms with Crippen molar-refractivity contribution in [3.63, 3.8) is 0 Å². The normalized spacial score (nSPS) is 49.3. The van der Waals surface area contributed by atoms with Crippen LogP contribution in [0.5, 0.6) is 0 Å². The van der Waals surface area contributed by atoms with Crippen LogP contribution in [0.1, 0.15) is 121 Å². The first-order valence-electron chi connectivity index (χ1n) is 30.0. The molecular weight excluding hydrogens is 1100 g/mol. The van der Waals surface area contributed by atoms with E-state index in [2.05, 4.69) is 25.2 Å². The quantitative estimate of drug-likeness (QED) is 0.0457. The van der Waals surface area contributed by atoms with Crippen LogP contribution in [0.2, 0.25) is 0 Å². The number of Topliss-reactive ketones (excluding diaryl/α,β-unsaturated/α-hetero) is 1. The Labute approximate surface area is 491 Å². The van der Waals surface area contributed by atoms with Crippen LogP contribution in [0, 0.1) is 57.0 Å². The van der Waals surface area contributed by atoms with Crippen LogP contribution in [-0.4, -0.2) is 185 Å². The topological polar surface area (TPSA) is 309 Å². The van der Waals surface area contributed by atoms with E-state index in [0.717, 1.165) is 5.57 Å². The van der Waals surface area contributed by atoms with Crippen LogP contribution in [-0.2, 0) is 61.7 Å². The number of carbonyl (C=O) groups excluding carboxylic acids is 3. The molecule has 5 saturated heterocycles. The van der Waals surface area contributed by atoms with Crippen molar-refractivity contribution >= 4 is 17.8 Å². The first-order chi connectivity index (χ1) is 39.6. The molecule has 23 nitrogen and oxygen atoms in total. The predicted molar refractivity (Wildman–Crippen MR) is 298 cm³/mol. The summed E-state index contributed by atoms with van der Waals surface area (Å²) in [5.41, 5.74) is -3.37. The van der Waals surface area contributed by atoms with Crippen molar-refractivity contribution in [2.75, 3.05) is 20.8 Å². The number of aliphatic hydroxyl groups is 5. The van der Waals surface area contributed by atoms with Gasteiger partial charge < -0.3 is 83.0 Å². The van der Waals surface area contributed by atoms with Gasteiger partial charge in [-0.2, -0.15) is 0 Å². The third-order valence-electron chi connectivity index (χ3n) is 20.3. The maximum Gasteiger partial charge on any atom is 0.407 e. The highest BCUT2D eigenvalue weighted by molar-refractivity contribution is 6.26. The minimum atomic E-state index is -1.82. The second kappa shape index (κ2) is 25.1. The molecule has 1 amide bonds. The summed E-state index contributed by atoms with van der Waals surface area (Å²) in [4.78, 5) is 55.1. The maximum atomic E-state index is 15.6. The first-order valence-corrected chi connectivity index (χ1v) is 30.0. The number of methoxy groups -OCH3 is 2. The van der Waals surface area contributed by atoms with Crippen LogP contribution >= 0.6 is 0 Å². The average molecular weight is 1190 g/mol. The lowest BCUT2D eigenvalue weighted by molar-refractivity contribution is -0.584. The molecule has 0 radical (unpaired) electrons. The molecule has 2 bridgehead atoms. The van der Waals surface area contributed by atoms with E-state index in [1.54, 1.807) is 46.8 Å². The molecule has 0 aromatic rings. The number of carbonyl (C=O) groups is 3. The molecular formula is C61H90N2O21. The van der Waals surface area contributed by atoms with Crippen LogP contribution in [0.25, 0.3) is 0 Å². The van der Waals surface area contributed by atoms with Gasteiger partial charge in [0.15, 0.2) is 30.8 Å². The molecule has 5 heterocycles. The fraction of sp³-hybridized carbons (Fsp3) is 0.787. The number of hydrogen-bond donors (Lipinski definition) is 6. The zero-order valence-corrected chi connectivity index (χ0v) is 50.6. The third-order valence-corrected chi connectivity index (χ3v) is 20.3. The van der Waals surface area contributed by atoms with Crippen molar-refractivity contribution < 1.29 is 96.9 Å². The molecule has 6 N–H and O–H groups in total. The number of hydrogen-bond acceptors (Lipinski definition) is 21. The summed E-state index contributed by atoms with van der Waals surface area (Å²) < 4.78 is 68.0. The van der Waals surface area contributed by atoms with Gasteiger partial charge >= 0.3 is 12.1 Å². The van der Waals surface area contributed by atoms with E-state index < -0.39 is 185 Å². The van der Waals surface area contributed by atoms with Gasteiger partial charge in [0, 0.05) is 67.8 Å². The highest BCUT2D eigenvalue weighted by Crippen LogP contribution is 2.61. The lowest BCUT2D eigenvalue weighted by Gasteiger charge is -2.56. The number of esters is 1. The van der Waals surface area contributed by atoms with Gasteiger partial charge in [-0.15, -0.1) is 0 Å². The Hall–Kier alpha value is -4.21. The van der Waals surface area contributed by atoms with E-state index in [4.69, 9.17) is 52.1 Å². The standard InChI is InChI=1S/C61H90N2O21/c1-27-14-17-42(80-47-25-59(10,63(72)73)54(35(9)79-47)62-58(71)75-13)28(2)19-37-20-36(26-64)31(5)24-61(37)56(69)48(57(70)84-61)55(68)60(11)39(27)16-15-38-49(60)29(3)18-30(4)51(38)82-46-23-43(50(67)32(6)76-46)81-44-22-41(66)53(34(8)78-44)83-45-21-40(65)52(74-12)33(7)77-45/h14-16,19-20,29-35,37-47,49-54,64-68H,17-18,21-26H2,1-13H3,(H,62,71)/b27-14+,28-19+,55-48+/t29-,30-,31+,32?,33?,34?,35?,37?,38?,39?,40?,41?,42?,43?,44?,45?,46?,47?,49?,50?,51?,52?,53?,54?,59?,60+,61-/m0/s1. The van der Waals surface area contributed by atoms with Crippen LogP contribution in [0.3, 0.4) is 0 Å². The lowest BCUT2D eigenvalue weighted by Crippen LogP contribution is -2.65. The van der Waals surface area contributed by atoms with E-state index in [1.807, 2.05) is 32.9 Å². The monoisotopic (exact) mass is 1190 g/mol. The summed E-state index contributed by atoms with van der Waals surface area (Å²) in [5, 5.41) is 72.9. The summed E-state index contributed by atoms with van der Waals surface area (Å²) in [6.45, 7) is 19.6. The Morgan fingerprint density at radius 1 is 0.762 bits per heavy atom. The summed E-state index contributed by atoms with van der Waals surface area (Å²) in [5.74, 6) is -5.10. The fourth-order valence-corrected chi connectivity index (χ4v) is 15.8. The summed E-state index contributed by atoms with van der Waals surface area (Å²) in [7, 11) is 2.67. The zero-order valence-electron chi connectivity index (χ0n) is 50.6. The highest BCUT2D eigenvalue weighted by atomic mass is 16.7. The van der Waals surface area contributed by atoms with Crippen LogP contribution in [0.4, 0.5) is 4.79 Å². The van der Waals surface area contributed by atoms with Gasteiger partial charge in [-0.1, -0.05) is 63.6 Å². The highest BCUT2D eigenvalue weighted by Gasteiger charge is 2.64. The Bertz CT molecular complexity index is 2600. The molecule has 1 spiro atoms. The molecule has 9 aliphatic rings. The van der Waals surface area contributed by atoms with Gasteiger partial charge in [0.25, 0.3) is 0 Å². The minimum Gasteiger partial charge on any atom is -0.511 e. The second-order valence-electron chi connectivity index (χ2n) is 25.9. The number of alkyl carbamates (subject to hydrolysis) is 1. The number of nitro groups is 1. The number of aliphatic hydroxyl groups excluding tert-OH is 5. The molecule has 27 atom stereocenters. The number of fused-ring (bicyclic) bond motifs is 4. The third kappa shape index (κ3) is 11.8. The Morgan fingerprint density at radius 3 is 2.01 bits per heavy atom. The number of nitrogens with one attached hydrogen (secondary N) is 1. The molecule has 0 aromatic carbocycles. The van der Waals surface area contributed by atoms with Crippen LogP contribution in [0.15, 0.2) is 58.4 Å². The van der Waals surface area contributed by atoms with Gasteiger partial charge in [0.2, 0.25) is 11.3 Å². The van der Waals surface area contributed by atoms with E-state index in [-0.39, 0.29) is 57.0 Å². The number of rotatable bonds is 12. The molecule has 84 heavy (non-hydrogen) atoms. The van der Waals surface area contributed by atoms with Crippen molar-refractivity contribution in [2.45, 2.75) is 237 Å². The Kier molecular flexibility index (Phi) is 19.2. The first kappa shape index (κ1) is 64.3. The van der Waals surface area contributed by atoms with Gasteiger partial charge in [0.1, 0.15) is 35.7 Å². The Morgan fingerprint density at radius 2 is 1.38 bits per heavy atom. The number of allylic oxidation sites excluding steroid dienone is 3. The SMILES string of the molecule is COC(=O)NC1C(C)OC(OC2C/C=C(\C)C3C=CC4C(OC5CC(OC6CC(O)C(OC7CC(O)C(OC)C(C)O7)C(C)O6)C(O)C(C)O5)[C@@H](C)C[C@H](C)C4[C@]3(C)/C(O)=C3\C(=O)O[C@]4(C[C@@H](C)C(CO)=CC4/C=C/2C)C3=O)CC1(C)[N+](=O)[O-]. The maximum absolute atomic E-state index is 15.6. The predicted octanol–water partition coefficient (Wildman–Crippen LogP) is 5.57. The fourth-order valence-electron chi connectivity index (χ4n) is 15.8. The van der Waals surface area contributed by atoms with Crippen molar-refractivity contribution in [2.24, 2.45) is 46.8 Å². The van der Waals surface area contributed by atoms with Crippen molar-refractivity contribution in [1.29, 1.82) is 0 Å². The number of ketones is 1. The molecule has 470 valence electrons.